The maximum absolute atomic E-state index is 10.1. The minimum absolute atomic E-state index is 0.453. The second-order valence-electron chi connectivity index (χ2n) is 3.75. The minimum Gasteiger partial charge on any atom is -0.388 e. The van der Waals surface area contributed by atoms with E-state index in [0.717, 1.165) is 11.1 Å². The van der Waals surface area contributed by atoms with Crippen LogP contribution in [0.2, 0.25) is 10.0 Å². The number of aliphatic hydroxyl groups excluding tert-OH is 1. The second-order valence-corrected chi connectivity index (χ2v) is 4.57. The zero-order valence-electron chi connectivity index (χ0n) is 8.98. The van der Waals surface area contributed by atoms with Crippen molar-refractivity contribution in [2.75, 3.05) is 0 Å². The van der Waals surface area contributed by atoms with Crippen LogP contribution < -0.4 is 0 Å². The molecule has 1 N–H and O–H groups in total. The van der Waals surface area contributed by atoms with Gasteiger partial charge in [-0.15, -0.1) is 0 Å². The SMILES string of the molecule is OC(Cc1cccnc1)c1ccc(Cl)c(Cl)c1. The first-order chi connectivity index (χ1) is 8.16. The Morgan fingerprint density at radius 2 is 2.00 bits per heavy atom. The highest BCUT2D eigenvalue weighted by molar-refractivity contribution is 6.42. The standard InChI is InChI=1S/C13H11Cl2NO/c14-11-4-3-10(7-12(11)15)13(17)6-9-2-1-5-16-8-9/h1-5,7-8,13,17H,6H2. The number of hydrogen-bond acceptors (Lipinski definition) is 2. The van der Waals surface area contributed by atoms with Gasteiger partial charge >= 0.3 is 0 Å². The third-order valence-corrected chi connectivity index (χ3v) is 3.22. The van der Waals surface area contributed by atoms with Crippen molar-refractivity contribution in [2.24, 2.45) is 0 Å². The molecule has 1 atom stereocenters. The number of hydrogen-bond donors (Lipinski definition) is 1. The second kappa shape index (κ2) is 5.50. The van der Waals surface area contributed by atoms with E-state index in [1.807, 2.05) is 12.1 Å². The summed E-state index contributed by atoms with van der Waals surface area (Å²) in [5.74, 6) is 0. The molecule has 2 rings (SSSR count). The fourth-order valence-corrected chi connectivity index (χ4v) is 1.89. The van der Waals surface area contributed by atoms with Gasteiger partial charge in [0.05, 0.1) is 16.1 Å². The predicted octanol–water partition coefficient (Wildman–Crippen LogP) is 3.66. The van der Waals surface area contributed by atoms with E-state index in [2.05, 4.69) is 4.98 Å². The molecule has 88 valence electrons. The number of benzene rings is 1. The van der Waals surface area contributed by atoms with E-state index in [4.69, 9.17) is 23.2 Å². The lowest BCUT2D eigenvalue weighted by atomic mass is 10.0. The first-order valence-electron chi connectivity index (χ1n) is 5.19. The Labute approximate surface area is 110 Å². The van der Waals surface area contributed by atoms with Gasteiger partial charge in [-0.05, 0) is 29.3 Å². The molecule has 2 aromatic rings. The van der Waals surface area contributed by atoms with Crippen LogP contribution in [-0.2, 0) is 6.42 Å². The lowest BCUT2D eigenvalue weighted by molar-refractivity contribution is 0.178. The van der Waals surface area contributed by atoms with E-state index >= 15 is 0 Å². The summed E-state index contributed by atoms with van der Waals surface area (Å²) >= 11 is 11.7. The minimum atomic E-state index is -0.603. The van der Waals surface area contributed by atoms with Gasteiger partial charge in [-0.25, -0.2) is 0 Å². The molecule has 0 saturated carbocycles. The maximum Gasteiger partial charge on any atom is 0.0831 e. The Bertz CT molecular complexity index is 502. The Morgan fingerprint density at radius 3 is 2.65 bits per heavy atom. The predicted molar refractivity (Wildman–Crippen MR) is 69.4 cm³/mol. The van der Waals surface area contributed by atoms with Crippen LogP contribution in [0.25, 0.3) is 0 Å². The van der Waals surface area contributed by atoms with Gasteiger partial charge in [-0.3, -0.25) is 4.98 Å². The van der Waals surface area contributed by atoms with Crippen LogP contribution >= 0.6 is 23.2 Å². The smallest absolute Gasteiger partial charge is 0.0831 e. The topological polar surface area (TPSA) is 33.1 Å². The van der Waals surface area contributed by atoms with Crippen molar-refractivity contribution in [1.82, 2.24) is 4.98 Å². The van der Waals surface area contributed by atoms with Gasteiger partial charge in [0.1, 0.15) is 0 Å². The fourth-order valence-electron chi connectivity index (χ4n) is 1.58. The van der Waals surface area contributed by atoms with Gasteiger partial charge in [0.25, 0.3) is 0 Å². The number of halogens is 2. The first-order valence-corrected chi connectivity index (χ1v) is 5.94. The van der Waals surface area contributed by atoms with Crippen molar-refractivity contribution < 1.29 is 5.11 Å². The lowest BCUT2D eigenvalue weighted by Crippen LogP contribution is -2.02. The molecule has 1 heterocycles. The molecule has 1 aromatic carbocycles. The number of rotatable bonds is 3. The van der Waals surface area contributed by atoms with Gasteiger partial charge in [-0.1, -0.05) is 35.3 Å². The first kappa shape index (κ1) is 12.4. The summed E-state index contributed by atoms with van der Waals surface area (Å²) < 4.78 is 0. The Morgan fingerprint density at radius 1 is 1.18 bits per heavy atom. The molecule has 0 saturated heterocycles. The highest BCUT2D eigenvalue weighted by Crippen LogP contribution is 2.26. The average Bonchev–Trinajstić information content (AvgIpc) is 2.34. The highest BCUT2D eigenvalue weighted by atomic mass is 35.5. The summed E-state index contributed by atoms with van der Waals surface area (Å²) in [4.78, 5) is 4.00. The molecule has 0 radical (unpaired) electrons. The van der Waals surface area contributed by atoms with E-state index in [0.29, 0.717) is 16.5 Å². The van der Waals surface area contributed by atoms with Crippen LogP contribution in [-0.4, -0.2) is 10.1 Å². The van der Waals surface area contributed by atoms with Crippen molar-refractivity contribution in [1.29, 1.82) is 0 Å². The molecule has 0 aliphatic carbocycles. The normalized spacial score (nSPS) is 12.4. The van der Waals surface area contributed by atoms with Crippen LogP contribution in [0.4, 0.5) is 0 Å². The Kier molecular flexibility index (Phi) is 4.00. The van der Waals surface area contributed by atoms with E-state index in [9.17, 15) is 5.11 Å². The van der Waals surface area contributed by atoms with Crippen LogP contribution in [0.3, 0.4) is 0 Å². The summed E-state index contributed by atoms with van der Waals surface area (Å²) in [6.07, 6.45) is 3.34. The molecule has 0 aliphatic rings. The van der Waals surface area contributed by atoms with Crippen LogP contribution in [0.5, 0.6) is 0 Å². The molecule has 0 fully saturated rings. The molecule has 4 heteroatoms. The van der Waals surface area contributed by atoms with Gasteiger partial charge in [0, 0.05) is 18.8 Å². The van der Waals surface area contributed by atoms with Crippen LogP contribution in [0, 0.1) is 0 Å². The zero-order chi connectivity index (χ0) is 12.3. The van der Waals surface area contributed by atoms with Crippen LogP contribution in [0.15, 0.2) is 42.7 Å². The fraction of sp³-hybridized carbons (Fsp3) is 0.154. The third-order valence-electron chi connectivity index (χ3n) is 2.48. The van der Waals surface area contributed by atoms with Gasteiger partial charge in [0.15, 0.2) is 0 Å². The maximum atomic E-state index is 10.1. The van der Waals surface area contributed by atoms with E-state index in [1.165, 1.54) is 0 Å². The number of pyridine rings is 1. The molecule has 0 spiro atoms. The summed E-state index contributed by atoms with van der Waals surface area (Å²) in [5, 5.41) is 11.0. The van der Waals surface area contributed by atoms with Crippen LogP contribution in [0.1, 0.15) is 17.2 Å². The highest BCUT2D eigenvalue weighted by Gasteiger charge is 2.10. The zero-order valence-corrected chi connectivity index (χ0v) is 10.5. The monoisotopic (exact) mass is 267 g/mol. The summed E-state index contributed by atoms with van der Waals surface area (Å²) in [5.41, 5.74) is 1.73. The van der Waals surface area contributed by atoms with Crippen molar-refractivity contribution in [2.45, 2.75) is 12.5 Å². The van der Waals surface area contributed by atoms with Crippen molar-refractivity contribution >= 4 is 23.2 Å². The van der Waals surface area contributed by atoms with Gasteiger partial charge < -0.3 is 5.11 Å². The van der Waals surface area contributed by atoms with Gasteiger partial charge in [-0.2, -0.15) is 0 Å². The molecule has 1 unspecified atom stereocenters. The third kappa shape index (κ3) is 3.19. The van der Waals surface area contributed by atoms with Crippen molar-refractivity contribution in [3.8, 4) is 0 Å². The molecule has 2 nitrogen and oxygen atoms in total. The van der Waals surface area contributed by atoms with E-state index in [1.54, 1.807) is 30.6 Å². The molecule has 1 aromatic heterocycles. The quantitative estimate of drug-likeness (QED) is 0.921. The Hall–Kier alpha value is -1.09. The number of aromatic nitrogens is 1. The molecular formula is C13H11Cl2NO. The van der Waals surface area contributed by atoms with E-state index < -0.39 is 6.10 Å². The lowest BCUT2D eigenvalue weighted by Gasteiger charge is -2.11. The van der Waals surface area contributed by atoms with E-state index in [-0.39, 0.29) is 0 Å². The molecule has 0 amide bonds. The van der Waals surface area contributed by atoms with Crippen molar-refractivity contribution in [3.63, 3.8) is 0 Å². The number of nitrogens with zero attached hydrogens (tertiary/aromatic N) is 1. The average molecular weight is 268 g/mol. The molecule has 0 aliphatic heterocycles. The Balaban J connectivity index is 2.14. The summed E-state index contributed by atoms with van der Waals surface area (Å²) in [6, 6.07) is 8.91. The number of aliphatic hydroxyl groups is 1. The molecular weight excluding hydrogens is 257 g/mol. The molecule has 17 heavy (non-hydrogen) atoms. The summed E-state index contributed by atoms with van der Waals surface area (Å²) in [6.45, 7) is 0. The van der Waals surface area contributed by atoms with Gasteiger partial charge in [0.2, 0.25) is 0 Å². The largest absolute Gasteiger partial charge is 0.388 e. The summed E-state index contributed by atoms with van der Waals surface area (Å²) in [7, 11) is 0. The van der Waals surface area contributed by atoms with Crippen molar-refractivity contribution in [3.05, 3.63) is 63.9 Å². The molecule has 0 bridgehead atoms.